The van der Waals surface area contributed by atoms with Crippen LogP contribution in [0.25, 0.3) is 10.9 Å². The zero-order chi connectivity index (χ0) is 27.2. The number of para-hydroxylation sites is 1. The fourth-order valence-corrected chi connectivity index (χ4v) is 6.50. The highest BCUT2D eigenvalue weighted by molar-refractivity contribution is 5.85. The van der Waals surface area contributed by atoms with Gasteiger partial charge in [0.1, 0.15) is 18.2 Å². The van der Waals surface area contributed by atoms with Gasteiger partial charge in [0.2, 0.25) is 0 Å². The maximum absolute atomic E-state index is 13.9. The molecular formula is C34H31FN2O3. The van der Waals surface area contributed by atoms with Crippen LogP contribution in [0.5, 0.6) is 17.2 Å². The van der Waals surface area contributed by atoms with Gasteiger partial charge in [0.05, 0.1) is 20.3 Å². The summed E-state index contributed by atoms with van der Waals surface area (Å²) in [5.41, 5.74) is 8.34. The Morgan fingerprint density at radius 2 is 1.75 bits per heavy atom. The van der Waals surface area contributed by atoms with Crippen molar-refractivity contribution in [3.8, 4) is 17.2 Å². The molecule has 5 aromatic rings. The number of aromatic amines is 1. The topological polar surface area (TPSA) is 46.7 Å². The van der Waals surface area contributed by atoms with Crippen molar-refractivity contribution in [1.82, 2.24) is 9.88 Å². The summed E-state index contributed by atoms with van der Waals surface area (Å²) in [6.45, 7) is 1.31. The molecule has 5 nitrogen and oxygen atoms in total. The lowest BCUT2D eigenvalue weighted by Crippen LogP contribution is -2.43. The molecule has 0 spiro atoms. The van der Waals surface area contributed by atoms with Crippen LogP contribution >= 0.6 is 0 Å². The van der Waals surface area contributed by atoms with Gasteiger partial charge < -0.3 is 19.2 Å². The van der Waals surface area contributed by atoms with Crippen molar-refractivity contribution in [2.24, 2.45) is 0 Å². The Bertz CT molecular complexity index is 1690. The number of methoxy groups -OCH3 is 2. The maximum atomic E-state index is 13.9. The number of ether oxygens (including phenoxy) is 3. The second kappa shape index (κ2) is 10.0. The van der Waals surface area contributed by atoms with Crippen LogP contribution in [0.15, 0.2) is 84.9 Å². The van der Waals surface area contributed by atoms with E-state index in [9.17, 15) is 4.39 Å². The number of halogens is 1. The number of rotatable bonds is 6. The molecule has 2 aliphatic rings. The summed E-state index contributed by atoms with van der Waals surface area (Å²) in [4.78, 5) is 6.28. The Hall–Kier alpha value is -4.29. The van der Waals surface area contributed by atoms with Crippen LogP contribution in [0.3, 0.4) is 0 Å². The van der Waals surface area contributed by atoms with E-state index in [1.165, 1.54) is 27.8 Å². The number of hydrogen-bond donors (Lipinski definition) is 1. The second-order valence-corrected chi connectivity index (χ2v) is 10.6. The van der Waals surface area contributed by atoms with Crippen molar-refractivity contribution in [3.63, 3.8) is 0 Å². The zero-order valence-corrected chi connectivity index (χ0v) is 22.6. The first-order chi connectivity index (χ1) is 19.6. The van der Waals surface area contributed by atoms with Gasteiger partial charge in [-0.1, -0.05) is 42.5 Å². The average molecular weight is 535 g/mol. The molecule has 7 rings (SSSR count). The molecule has 0 aliphatic carbocycles. The Balaban J connectivity index is 1.28. The maximum Gasteiger partial charge on any atom is 0.161 e. The van der Waals surface area contributed by atoms with Gasteiger partial charge in [-0.05, 0) is 83.1 Å². The highest BCUT2D eigenvalue weighted by Crippen LogP contribution is 2.49. The fourth-order valence-electron chi connectivity index (χ4n) is 6.50. The largest absolute Gasteiger partial charge is 0.497 e. The number of H-pyrrole nitrogens is 1. The summed E-state index contributed by atoms with van der Waals surface area (Å²) in [6.07, 6.45) is 1.77. The predicted octanol–water partition coefficient (Wildman–Crippen LogP) is 7.15. The molecule has 1 aromatic heterocycles. The number of fused-ring (bicyclic) bond motifs is 6. The molecule has 1 N–H and O–H groups in total. The molecule has 3 heterocycles. The van der Waals surface area contributed by atoms with Crippen LogP contribution in [0, 0.1) is 5.82 Å². The smallest absolute Gasteiger partial charge is 0.161 e. The fraction of sp³-hybridized carbons (Fsp3) is 0.235. The standard InChI is InChI=1S/C34H31FN2O3/c1-38-25-7-5-6-21(16-25)20-40-32-17-23-14-15-37-30(27(23)19-31(32)39-2)18-28-26-8-3-4-9-29(26)36-33(28)34(37)22-10-12-24(35)13-11-22/h3-13,16-17,19,30,34,36H,14-15,18,20H2,1-2H3. The lowest BCUT2D eigenvalue weighted by Gasteiger charge is -2.46. The summed E-state index contributed by atoms with van der Waals surface area (Å²) in [7, 11) is 3.36. The number of hydrogen-bond acceptors (Lipinski definition) is 4. The average Bonchev–Trinajstić information content (AvgIpc) is 3.37. The Labute approximate surface area is 233 Å². The van der Waals surface area contributed by atoms with E-state index in [0.29, 0.717) is 6.61 Å². The van der Waals surface area contributed by atoms with E-state index < -0.39 is 0 Å². The summed E-state index contributed by atoms with van der Waals surface area (Å²) >= 11 is 0. The predicted molar refractivity (Wildman–Crippen MR) is 154 cm³/mol. The Morgan fingerprint density at radius 1 is 0.900 bits per heavy atom. The van der Waals surface area contributed by atoms with E-state index in [-0.39, 0.29) is 17.9 Å². The lowest BCUT2D eigenvalue weighted by molar-refractivity contribution is 0.127. The van der Waals surface area contributed by atoms with Crippen molar-refractivity contribution in [1.29, 1.82) is 0 Å². The number of aromatic nitrogens is 1. The van der Waals surface area contributed by atoms with Crippen molar-refractivity contribution in [3.05, 3.63) is 124 Å². The van der Waals surface area contributed by atoms with Gasteiger partial charge in [-0.25, -0.2) is 4.39 Å². The second-order valence-electron chi connectivity index (χ2n) is 10.6. The van der Waals surface area contributed by atoms with Gasteiger partial charge in [-0.3, -0.25) is 4.90 Å². The highest BCUT2D eigenvalue weighted by atomic mass is 19.1. The molecule has 4 aromatic carbocycles. The molecule has 0 saturated heterocycles. The third kappa shape index (κ3) is 4.20. The number of nitrogens with one attached hydrogen (secondary N) is 1. The monoisotopic (exact) mass is 534 g/mol. The summed E-state index contributed by atoms with van der Waals surface area (Å²) in [5, 5.41) is 1.25. The third-order valence-corrected chi connectivity index (χ3v) is 8.39. The van der Waals surface area contributed by atoms with Gasteiger partial charge in [0.15, 0.2) is 11.5 Å². The normalized spacial score (nSPS) is 18.1. The molecule has 0 saturated carbocycles. The molecule has 2 atom stereocenters. The van der Waals surface area contributed by atoms with Crippen LogP contribution in [0.2, 0.25) is 0 Å². The van der Waals surface area contributed by atoms with Crippen molar-refractivity contribution in [2.45, 2.75) is 31.5 Å². The minimum Gasteiger partial charge on any atom is -0.497 e. The van der Waals surface area contributed by atoms with Crippen LogP contribution in [-0.2, 0) is 19.4 Å². The van der Waals surface area contributed by atoms with Crippen LogP contribution in [0.1, 0.15) is 45.6 Å². The van der Waals surface area contributed by atoms with E-state index in [2.05, 4.69) is 46.3 Å². The van der Waals surface area contributed by atoms with Gasteiger partial charge in [0, 0.05) is 29.2 Å². The molecular weight excluding hydrogens is 503 g/mol. The molecule has 6 heteroatoms. The van der Waals surface area contributed by atoms with E-state index in [0.717, 1.165) is 53.3 Å². The molecule has 0 bridgehead atoms. The number of benzene rings is 4. The zero-order valence-electron chi connectivity index (χ0n) is 22.6. The molecule has 0 fully saturated rings. The number of nitrogens with zero attached hydrogens (tertiary/aromatic N) is 1. The van der Waals surface area contributed by atoms with E-state index in [4.69, 9.17) is 14.2 Å². The Morgan fingerprint density at radius 3 is 2.58 bits per heavy atom. The van der Waals surface area contributed by atoms with Gasteiger partial charge in [-0.15, -0.1) is 0 Å². The molecule has 40 heavy (non-hydrogen) atoms. The molecule has 202 valence electrons. The van der Waals surface area contributed by atoms with Crippen LogP contribution < -0.4 is 14.2 Å². The SMILES string of the molecule is COc1cccc(COc2cc3c(cc2OC)C2Cc4c([nH]c5ccccc45)C(c4ccc(F)cc4)N2CC3)c1. The molecule has 0 radical (unpaired) electrons. The molecule has 0 amide bonds. The summed E-state index contributed by atoms with van der Waals surface area (Å²) in [6, 6.07) is 27.9. The van der Waals surface area contributed by atoms with Crippen molar-refractivity contribution >= 4 is 10.9 Å². The summed E-state index contributed by atoms with van der Waals surface area (Å²) < 4.78 is 31.4. The summed E-state index contributed by atoms with van der Waals surface area (Å²) in [5.74, 6) is 2.06. The quantitative estimate of drug-likeness (QED) is 0.251. The first-order valence-electron chi connectivity index (χ1n) is 13.7. The lowest BCUT2D eigenvalue weighted by atomic mass is 9.80. The molecule has 2 unspecified atom stereocenters. The van der Waals surface area contributed by atoms with Gasteiger partial charge >= 0.3 is 0 Å². The first kappa shape index (κ1) is 24.7. The highest BCUT2D eigenvalue weighted by Gasteiger charge is 2.41. The van der Waals surface area contributed by atoms with Gasteiger partial charge in [0.25, 0.3) is 0 Å². The van der Waals surface area contributed by atoms with E-state index >= 15 is 0 Å². The Kier molecular flexibility index (Phi) is 6.20. The minimum atomic E-state index is -0.219. The van der Waals surface area contributed by atoms with E-state index in [1.807, 2.05) is 36.4 Å². The van der Waals surface area contributed by atoms with Gasteiger partial charge in [-0.2, -0.15) is 0 Å². The third-order valence-electron chi connectivity index (χ3n) is 8.39. The minimum absolute atomic E-state index is 0.00452. The first-order valence-corrected chi connectivity index (χ1v) is 13.7. The van der Waals surface area contributed by atoms with E-state index in [1.54, 1.807) is 26.4 Å². The van der Waals surface area contributed by atoms with Crippen molar-refractivity contribution < 1.29 is 18.6 Å². The molecule has 2 aliphatic heterocycles. The van der Waals surface area contributed by atoms with Crippen LogP contribution in [0.4, 0.5) is 4.39 Å². The van der Waals surface area contributed by atoms with Crippen molar-refractivity contribution in [2.75, 3.05) is 20.8 Å². The van der Waals surface area contributed by atoms with Crippen LogP contribution in [-0.4, -0.2) is 30.6 Å².